The van der Waals surface area contributed by atoms with Crippen LogP contribution in [0.15, 0.2) is 46.0 Å². The van der Waals surface area contributed by atoms with Gasteiger partial charge in [-0.1, -0.05) is 26.0 Å². The van der Waals surface area contributed by atoms with Crippen molar-refractivity contribution in [2.24, 2.45) is 5.10 Å². The number of hydrogen-bond acceptors (Lipinski definition) is 6. The summed E-state index contributed by atoms with van der Waals surface area (Å²) in [6.07, 6.45) is 2.16. The topological polar surface area (TPSA) is 114 Å². The Kier molecular flexibility index (Phi) is 7.51. The number of hydrazone groups is 1. The smallest absolute Gasteiger partial charge is 0.277 e. The van der Waals surface area contributed by atoms with Crippen molar-refractivity contribution in [2.45, 2.75) is 26.2 Å². The van der Waals surface area contributed by atoms with Crippen LogP contribution in [0.25, 0.3) is 0 Å². The van der Waals surface area contributed by atoms with E-state index in [0.29, 0.717) is 11.7 Å². The molecule has 0 spiro atoms. The summed E-state index contributed by atoms with van der Waals surface area (Å²) in [6.45, 7) is 4.01. The molecule has 0 bridgehead atoms. The number of non-ortho nitro benzene ring substituents is 1. The van der Waals surface area contributed by atoms with Gasteiger partial charge in [0.1, 0.15) is 11.5 Å². The Morgan fingerprint density at radius 3 is 2.68 bits per heavy atom. The highest BCUT2D eigenvalue weighted by Gasteiger charge is 2.13. The number of ether oxygens (including phenoxy) is 1. The molecule has 28 heavy (non-hydrogen) atoms. The molecular formula is C19H20BrN3O5. The standard InChI is InChI=1S/C19H20BrN3O5/c1-3-12(2)13-4-6-16(7-5-13)28-11-18(24)22-21-10-14-8-15(23(26)27)9-17(20)19(14)25/h4-10,12,25H,3,11H2,1-2H3,(H,22,24)/b21-10+/t12-/m1/s1. The number of halogens is 1. The van der Waals surface area contributed by atoms with Crippen molar-refractivity contribution < 1.29 is 19.6 Å². The van der Waals surface area contributed by atoms with Crippen LogP contribution < -0.4 is 10.2 Å². The summed E-state index contributed by atoms with van der Waals surface area (Å²) in [5.41, 5.74) is 3.31. The van der Waals surface area contributed by atoms with Crippen LogP contribution in [0.4, 0.5) is 5.69 Å². The predicted octanol–water partition coefficient (Wildman–Crippen LogP) is 4.11. The highest BCUT2D eigenvalue weighted by molar-refractivity contribution is 9.10. The lowest BCUT2D eigenvalue weighted by Crippen LogP contribution is -2.24. The quantitative estimate of drug-likeness (QED) is 0.357. The average Bonchev–Trinajstić information content (AvgIpc) is 2.69. The Labute approximate surface area is 170 Å². The lowest BCUT2D eigenvalue weighted by molar-refractivity contribution is -0.385. The number of nitro groups is 1. The molecule has 8 nitrogen and oxygen atoms in total. The molecule has 0 radical (unpaired) electrons. The third-order valence-electron chi connectivity index (χ3n) is 4.11. The molecule has 0 aliphatic rings. The SMILES string of the molecule is CC[C@@H](C)c1ccc(OCC(=O)N/N=C/c2cc([N+](=O)[O-])cc(Br)c2O)cc1. The second kappa shape index (κ2) is 9.84. The molecule has 2 aromatic carbocycles. The Morgan fingerprint density at radius 2 is 2.07 bits per heavy atom. The number of nitro benzene ring substituents is 1. The Balaban J connectivity index is 1.91. The second-order valence-corrected chi connectivity index (χ2v) is 6.94. The summed E-state index contributed by atoms with van der Waals surface area (Å²) >= 11 is 3.03. The summed E-state index contributed by atoms with van der Waals surface area (Å²) in [7, 11) is 0. The first-order chi connectivity index (χ1) is 13.3. The van der Waals surface area contributed by atoms with Crippen LogP contribution in [-0.4, -0.2) is 28.8 Å². The molecule has 148 valence electrons. The first kappa shape index (κ1) is 21.4. The van der Waals surface area contributed by atoms with E-state index in [1.54, 1.807) is 12.1 Å². The van der Waals surface area contributed by atoms with Crippen molar-refractivity contribution in [1.82, 2.24) is 5.43 Å². The molecule has 0 saturated carbocycles. The third kappa shape index (κ3) is 5.78. The number of nitrogens with one attached hydrogen (secondary N) is 1. The maximum Gasteiger partial charge on any atom is 0.277 e. The molecule has 0 aromatic heterocycles. The summed E-state index contributed by atoms with van der Waals surface area (Å²) in [4.78, 5) is 22.1. The van der Waals surface area contributed by atoms with Gasteiger partial charge in [-0.3, -0.25) is 14.9 Å². The average molecular weight is 450 g/mol. The molecule has 1 atom stereocenters. The summed E-state index contributed by atoms with van der Waals surface area (Å²) in [5.74, 6) is 0.288. The number of aromatic hydroxyl groups is 1. The fraction of sp³-hybridized carbons (Fsp3) is 0.263. The normalized spacial score (nSPS) is 12.0. The van der Waals surface area contributed by atoms with Gasteiger partial charge in [-0.15, -0.1) is 0 Å². The zero-order valence-corrected chi connectivity index (χ0v) is 17.0. The summed E-state index contributed by atoms with van der Waals surface area (Å²) < 4.78 is 5.55. The van der Waals surface area contributed by atoms with Crippen molar-refractivity contribution >= 4 is 33.7 Å². The minimum Gasteiger partial charge on any atom is -0.506 e. The van der Waals surface area contributed by atoms with Crippen molar-refractivity contribution in [2.75, 3.05) is 6.61 Å². The number of rotatable bonds is 8. The van der Waals surface area contributed by atoms with E-state index >= 15 is 0 Å². The molecule has 0 fully saturated rings. The molecule has 2 rings (SSSR count). The Bertz CT molecular complexity index is 884. The van der Waals surface area contributed by atoms with Gasteiger partial charge in [-0.25, -0.2) is 5.43 Å². The predicted molar refractivity (Wildman–Crippen MR) is 109 cm³/mol. The maximum atomic E-state index is 11.8. The van der Waals surface area contributed by atoms with E-state index in [9.17, 15) is 20.0 Å². The highest BCUT2D eigenvalue weighted by atomic mass is 79.9. The zero-order valence-electron chi connectivity index (χ0n) is 15.4. The van der Waals surface area contributed by atoms with Crippen molar-refractivity contribution in [3.63, 3.8) is 0 Å². The van der Waals surface area contributed by atoms with E-state index < -0.39 is 10.8 Å². The largest absolute Gasteiger partial charge is 0.506 e. The minimum atomic E-state index is -0.597. The molecule has 9 heteroatoms. The number of benzene rings is 2. The molecule has 0 aliphatic carbocycles. The number of amides is 1. The van der Waals surface area contributed by atoms with Gasteiger partial charge in [0.15, 0.2) is 6.61 Å². The van der Waals surface area contributed by atoms with Gasteiger partial charge in [-0.2, -0.15) is 5.10 Å². The van der Waals surface area contributed by atoms with E-state index in [1.807, 2.05) is 12.1 Å². The van der Waals surface area contributed by atoms with E-state index in [0.717, 1.165) is 18.7 Å². The monoisotopic (exact) mass is 449 g/mol. The molecule has 0 unspecified atom stereocenters. The van der Waals surface area contributed by atoms with Crippen LogP contribution in [0.2, 0.25) is 0 Å². The number of phenolic OH excluding ortho intramolecular Hbond substituents is 1. The van der Waals surface area contributed by atoms with E-state index in [-0.39, 0.29) is 28.1 Å². The summed E-state index contributed by atoms with van der Waals surface area (Å²) in [5, 5.41) is 24.5. The van der Waals surface area contributed by atoms with Crippen LogP contribution in [0, 0.1) is 10.1 Å². The number of hydrogen-bond donors (Lipinski definition) is 2. The van der Waals surface area contributed by atoms with Crippen molar-refractivity contribution in [3.8, 4) is 11.5 Å². The maximum absolute atomic E-state index is 11.8. The lowest BCUT2D eigenvalue weighted by atomic mass is 9.99. The molecule has 0 heterocycles. The van der Waals surface area contributed by atoms with Crippen LogP contribution >= 0.6 is 15.9 Å². The van der Waals surface area contributed by atoms with Gasteiger partial charge in [0, 0.05) is 17.7 Å². The number of nitrogens with zero attached hydrogens (tertiary/aromatic N) is 2. The van der Waals surface area contributed by atoms with E-state index in [2.05, 4.69) is 40.3 Å². The van der Waals surface area contributed by atoms with Crippen LogP contribution in [0.5, 0.6) is 11.5 Å². The van der Waals surface area contributed by atoms with Gasteiger partial charge < -0.3 is 9.84 Å². The molecular weight excluding hydrogens is 430 g/mol. The first-order valence-corrected chi connectivity index (χ1v) is 9.32. The second-order valence-electron chi connectivity index (χ2n) is 6.08. The van der Waals surface area contributed by atoms with E-state index in [1.165, 1.54) is 11.6 Å². The lowest BCUT2D eigenvalue weighted by Gasteiger charge is -2.10. The molecule has 2 N–H and O–H groups in total. The Hall–Kier alpha value is -2.94. The van der Waals surface area contributed by atoms with E-state index in [4.69, 9.17) is 4.74 Å². The minimum absolute atomic E-state index is 0.0860. The van der Waals surface area contributed by atoms with Gasteiger partial charge in [0.2, 0.25) is 0 Å². The molecule has 0 aliphatic heterocycles. The molecule has 0 saturated heterocycles. The Morgan fingerprint density at radius 1 is 1.39 bits per heavy atom. The zero-order chi connectivity index (χ0) is 20.7. The van der Waals surface area contributed by atoms with Crippen LogP contribution in [0.3, 0.4) is 0 Å². The molecule has 2 aromatic rings. The third-order valence-corrected chi connectivity index (χ3v) is 4.72. The van der Waals surface area contributed by atoms with Crippen LogP contribution in [0.1, 0.15) is 37.3 Å². The fourth-order valence-corrected chi connectivity index (χ4v) is 2.76. The first-order valence-electron chi connectivity index (χ1n) is 8.53. The number of carbonyl (C=O) groups is 1. The number of phenols is 1. The van der Waals surface area contributed by atoms with Crippen LogP contribution in [-0.2, 0) is 4.79 Å². The highest BCUT2D eigenvalue weighted by Crippen LogP contribution is 2.31. The summed E-state index contributed by atoms with van der Waals surface area (Å²) in [6, 6.07) is 9.84. The van der Waals surface area contributed by atoms with Gasteiger partial charge in [0.25, 0.3) is 11.6 Å². The molecule has 1 amide bonds. The van der Waals surface area contributed by atoms with Crippen molar-refractivity contribution in [3.05, 3.63) is 62.1 Å². The number of carbonyl (C=O) groups excluding carboxylic acids is 1. The van der Waals surface area contributed by atoms with Gasteiger partial charge >= 0.3 is 0 Å². The fourth-order valence-electron chi connectivity index (χ4n) is 2.29. The van der Waals surface area contributed by atoms with Crippen molar-refractivity contribution in [1.29, 1.82) is 0 Å². The van der Waals surface area contributed by atoms with Gasteiger partial charge in [-0.05, 0) is 46.0 Å². The van der Waals surface area contributed by atoms with Gasteiger partial charge in [0.05, 0.1) is 15.6 Å².